The lowest BCUT2D eigenvalue weighted by Crippen LogP contribution is -2.56. The average molecular weight is 268 g/mol. The van der Waals surface area contributed by atoms with Crippen LogP contribution in [0, 0.1) is 5.41 Å². The van der Waals surface area contributed by atoms with E-state index in [0.717, 1.165) is 38.8 Å². The molecule has 0 radical (unpaired) electrons. The van der Waals surface area contributed by atoms with Gasteiger partial charge in [-0.15, -0.1) is 0 Å². The van der Waals surface area contributed by atoms with Crippen LogP contribution in [-0.2, 0) is 9.59 Å². The zero-order chi connectivity index (χ0) is 14.0. The molecule has 0 aromatic carbocycles. The van der Waals surface area contributed by atoms with Crippen molar-refractivity contribution < 1.29 is 14.7 Å². The highest BCUT2D eigenvalue weighted by atomic mass is 16.4. The van der Waals surface area contributed by atoms with Gasteiger partial charge in [-0.2, -0.15) is 0 Å². The van der Waals surface area contributed by atoms with Gasteiger partial charge in [0.15, 0.2) is 0 Å². The highest BCUT2D eigenvalue weighted by Gasteiger charge is 2.43. The molecule has 2 heterocycles. The molecule has 5 nitrogen and oxygen atoms in total. The number of carboxylic acid groups (broad SMARTS) is 1. The number of carbonyl (C=O) groups excluding carboxylic acids is 1. The highest BCUT2D eigenvalue weighted by Crippen LogP contribution is 2.35. The maximum atomic E-state index is 12.2. The largest absolute Gasteiger partial charge is 0.480 e. The molecule has 0 aliphatic carbocycles. The summed E-state index contributed by atoms with van der Waals surface area (Å²) in [7, 11) is 0. The van der Waals surface area contributed by atoms with Gasteiger partial charge < -0.3 is 10.0 Å². The van der Waals surface area contributed by atoms with Gasteiger partial charge >= 0.3 is 5.97 Å². The zero-order valence-corrected chi connectivity index (χ0v) is 11.9. The molecular formula is C14H24N2O3. The monoisotopic (exact) mass is 268 g/mol. The van der Waals surface area contributed by atoms with Crippen molar-refractivity contribution in [1.82, 2.24) is 9.80 Å². The van der Waals surface area contributed by atoms with E-state index < -0.39 is 12.0 Å². The molecule has 2 aliphatic heterocycles. The van der Waals surface area contributed by atoms with Gasteiger partial charge in [0.1, 0.15) is 6.04 Å². The van der Waals surface area contributed by atoms with Crippen molar-refractivity contribution in [3.63, 3.8) is 0 Å². The standard InChI is InChI=1S/C14H24N2O3/c1-14(2)6-5-9-16(12(14)13(18)19)10-11(17)15-7-3-4-8-15/h12H,3-10H2,1-2H3,(H,18,19). The number of aliphatic carboxylic acids is 1. The number of amides is 1. The Bertz CT molecular complexity index is 362. The fourth-order valence-corrected chi connectivity index (χ4v) is 3.40. The van der Waals surface area contributed by atoms with Crippen molar-refractivity contribution in [2.24, 2.45) is 5.41 Å². The van der Waals surface area contributed by atoms with E-state index in [1.54, 1.807) is 0 Å². The lowest BCUT2D eigenvalue weighted by Gasteiger charge is -2.44. The summed E-state index contributed by atoms with van der Waals surface area (Å²) in [5, 5.41) is 9.46. The number of hydrogen-bond donors (Lipinski definition) is 1. The third-order valence-electron chi connectivity index (χ3n) is 4.40. The summed E-state index contributed by atoms with van der Waals surface area (Å²) in [6.45, 7) is 6.58. The minimum atomic E-state index is -0.807. The Hall–Kier alpha value is -1.10. The molecule has 108 valence electrons. The maximum Gasteiger partial charge on any atom is 0.321 e. The highest BCUT2D eigenvalue weighted by molar-refractivity contribution is 5.80. The molecule has 19 heavy (non-hydrogen) atoms. The van der Waals surface area contributed by atoms with Crippen molar-refractivity contribution in [2.75, 3.05) is 26.2 Å². The number of rotatable bonds is 3. The van der Waals surface area contributed by atoms with E-state index >= 15 is 0 Å². The SMILES string of the molecule is CC1(C)CCCN(CC(=O)N2CCCC2)C1C(=O)O. The predicted octanol–water partition coefficient (Wildman–Crippen LogP) is 1.18. The van der Waals surface area contributed by atoms with E-state index in [-0.39, 0.29) is 17.9 Å². The van der Waals surface area contributed by atoms with E-state index in [0.29, 0.717) is 6.54 Å². The first-order valence-corrected chi connectivity index (χ1v) is 7.16. The minimum Gasteiger partial charge on any atom is -0.480 e. The van der Waals surface area contributed by atoms with Crippen molar-refractivity contribution in [1.29, 1.82) is 0 Å². The van der Waals surface area contributed by atoms with Gasteiger partial charge in [0.2, 0.25) is 5.91 Å². The Morgan fingerprint density at radius 1 is 1.16 bits per heavy atom. The van der Waals surface area contributed by atoms with E-state index in [1.807, 2.05) is 23.6 Å². The molecule has 1 N–H and O–H groups in total. The molecule has 0 aromatic rings. The molecule has 5 heteroatoms. The molecule has 1 unspecified atom stereocenters. The zero-order valence-electron chi connectivity index (χ0n) is 11.9. The summed E-state index contributed by atoms with van der Waals surface area (Å²) >= 11 is 0. The quantitative estimate of drug-likeness (QED) is 0.835. The second kappa shape index (κ2) is 5.49. The number of carbonyl (C=O) groups is 2. The van der Waals surface area contributed by atoms with Gasteiger partial charge in [-0.25, -0.2) is 0 Å². The van der Waals surface area contributed by atoms with Crippen LogP contribution in [0.4, 0.5) is 0 Å². The Labute approximate surface area is 114 Å². The maximum absolute atomic E-state index is 12.2. The molecule has 2 saturated heterocycles. The molecular weight excluding hydrogens is 244 g/mol. The van der Waals surface area contributed by atoms with Crippen LogP contribution in [0.2, 0.25) is 0 Å². The molecule has 2 aliphatic rings. The molecule has 0 spiro atoms. The van der Waals surface area contributed by atoms with Crippen LogP contribution < -0.4 is 0 Å². The number of piperidine rings is 1. The minimum absolute atomic E-state index is 0.0847. The van der Waals surface area contributed by atoms with Gasteiger partial charge in [0.25, 0.3) is 0 Å². The van der Waals surface area contributed by atoms with Crippen molar-refractivity contribution in [2.45, 2.75) is 45.6 Å². The summed E-state index contributed by atoms with van der Waals surface area (Å²) in [5.41, 5.74) is -0.268. The molecule has 1 atom stereocenters. The lowest BCUT2D eigenvalue weighted by atomic mass is 9.76. The molecule has 0 saturated carbocycles. The van der Waals surface area contributed by atoms with Crippen LogP contribution in [0.3, 0.4) is 0 Å². The summed E-state index contributed by atoms with van der Waals surface area (Å²) in [5.74, 6) is -0.722. The number of likely N-dealkylation sites (tertiary alicyclic amines) is 2. The fourth-order valence-electron chi connectivity index (χ4n) is 3.40. The lowest BCUT2D eigenvalue weighted by molar-refractivity contribution is -0.152. The smallest absolute Gasteiger partial charge is 0.321 e. The molecule has 2 fully saturated rings. The van der Waals surface area contributed by atoms with Gasteiger partial charge in [-0.3, -0.25) is 14.5 Å². The van der Waals surface area contributed by atoms with Crippen LogP contribution in [0.5, 0.6) is 0 Å². The number of hydrogen-bond acceptors (Lipinski definition) is 3. The first-order chi connectivity index (χ1) is 8.92. The van der Waals surface area contributed by atoms with Gasteiger partial charge in [0, 0.05) is 13.1 Å². The number of nitrogens with zero attached hydrogens (tertiary/aromatic N) is 2. The summed E-state index contributed by atoms with van der Waals surface area (Å²) in [6.07, 6.45) is 4.00. The third kappa shape index (κ3) is 3.08. The van der Waals surface area contributed by atoms with E-state index in [4.69, 9.17) is 0 Å². The fraction of sp³-hybridized carbons (Fsp3) is 0.857. The summed E-state index contributed by atoms with van der Waals surface area (Å²) in [4.78, 5) is 27.4. The second-order valence-corrected chi connectivity index (χ2v) is 6.39. The van der Waals surface area contributed by atoms with E-state index in [1.165, 1.54) is 0 Å². The topological polar surface area (TPSA) is 60.9 Å². The van der Waals surface area contributed by atoms with Crippen LogP contribution in [0.1, 0.15) is 39.5 Å². The van der Waals surface area contributed by atoms with Crippen LogP contribution in [0.15, 0.2) is 0 Å². The van der Waals surface area contributed by atoms with Crippen molar-refractivity contribution in [3.8, 4) is 0 Å². The van der Waals surface area contributed by atoms with E-state index in [2.05, 4.69) is 0 Å². The first kappa shape index (κ1) is 14.3. The van der Waals surface area contributed by atoms with Crippen LogP contribution >= 0.6 is 0 Å². The van der Waals surface area contributed by atoms with Gasteiger partial charge in [0.05, 0.1) is 6.54 Å². The predicted molar refractivity (Wildman–Crippen MR) is 71.8 cm³/mol. The average Bonchev–Trinajstić information content (AvgIpc) is 2.80. The molecule has 1 amide bonds. The number of carboxylic acids is 1. The Morgan fingerprint density at radius 2 is 1.79 bits per heavy atom. The first-order valence-electron chi connectivity index (χ1n) is 7.16. The molecule has 0 bridgehead atoms. The van der Waals surface area contributed by atoms with Gasteiger partial charge in [-0.05, 0) is 37.6 Å². The van der Waals surface area contributed by atoms with E-state index in [9.17, 15) is 14.7 Å². The van der Waals surface area contributed by atoms with Crippen LogP contribution in [-0.4, -0.2) is 59.0 Å². The second-order valence-electron chi connectivity index (χ2n) is 6.39. The van der Waals surface area contributed by atoms with Crippen molar-refractivity contribution >= 4 is 11.9 Å². The molecule has 0 aromatic heterocycles. The van der Waals surface area contributed by atoms with Crippen molar-refractivity contribution in [3.05, 3.63) is 0 Å². The Morgan fingerprint density at radius 3 is 2.37 bits per heavy atom. The Kier molecular flexibility index (Phi) is 4.13. The van der Waals surface area contributed by atoms with Crippen LogP contribution in [0.25, 0.3) is 0 Å². The Balaban J connectivity index is 2.04. The summed E-state index contributed by atoms with van der Waals surface area (Å²) < 4.78 is 0. The summed E-state index contributed by atoms with van der Waals surface area (Å²) in [6, 6.07) is -0.548. The third-order valence-corrected chi connectivity index (χ3v) is 4.40. The normalized spacial score (nSPS) is 27.5. The molecule has 2 rings (SSSR count). The van der Waals surface area contributed by atoms with Gasteiger partial charge in [-0.1, -0.05) is 13.8 Å².